The third kappa shape index (κ3) is 5.07. The molecule has 0 spiro atoms. The van der Waals surface area contributed by atoms with Gasteiger partial charge in [0.15, 0.2) is 5.82 Å². The van der Waals surface area contributed by atoms with E-state index in [0.717, 1.165) is 19.0 Å². The van der Waals surface area contributed by atoms with Gasteiger partial charge in [0, 0.05) is 12.1 Å². The van der Waals surface area contributed by atoms with Gasteiger partial charge in [0.05, 0.1) is 18.1 Å². The molecule has 9 heteroatoms. The molecule has 0 atom stereocenters. The molecule has 0 aliphatic heterocycles. The minimum absolute atomic E-state index is 0.219. The Balaban J connectivity index is 1.99. The van der Waals surface area contributed by atoms with E-state index in [9.17, 15) is 4.39 Å². The van der Waals surface area contributed by atoms with Crippen LogP contribution in [0.3, 0.4) is 0 Å². The summed E-state index contributed by atoms with van der Waals surface area (Å²) in [6.07, 6.45) is 4.45. The van der Waals surface area contributed by atoms with Gasteiger partial charge in [0.25, 0.3) is 0 Å². The molecule has 0 aliphatic rings. The van der Waals surface area contributed by atoms with Crippen LogP contribution in [0.4, 0.5) is 22.0 Å². The molecule has 0 saturated heterocycles. The first-order valence-electron chi connectivity index (χ1n) is 8.60. The van der Waals surface area contributed by atoms with E-state index in [1.54, 1.807) is 18.2 Å². The van der Waals surface area contributed by atoms with Gasteiger partial charge in [-0.2, -0.15) is 15.0 Å². The second-order valence-electron chi connectivity index (χ2n) is 5.83. The summed E-state index contributed by atoms with van der Waals surface area (Å²) in [6, 6.07) is 6.73. The number of rotatable bonds is 7. The van der Waals surface area contributed by atoms with E-state index in [0.29, 0.717) is 28.3 Å². The van der Waals surface area contributed by atoms with Crippen molar-refractivity contribution in [2.24, 2.45) is 0 Å². The molecule has 7 nitrogen and oxygen atoms in total. The summed E-state index contributed by atoms with van der Waals surface area (Å²) >= 11 is 5.99. The first-order chi connectivity index (χ1) is 13.1. The molecule has 3 aromatic heterocycles. The minimum atomic E-state index is -0.457. The van der Waals surface area contributed by atoms with Crippen molar-refractivity contribution in [3.05, 3.63) is 47.6 Å². The third-order valence-corrected chi connectivity index (χ3v) is 4.07. The number of halogens is 2. The molecular formula is C18H19ClFN7. The maximum Gasteiger partial charge on any atom is 0.232 e. The van der Waals surface area contributed by atoms with Gasteiger partial charge >= 0.3 is 0 Å². The Morgan fingerprint density at radius 1 is 1.04 bits per heavy atom. The Kier molecular flexibility index (Phi) is 6.08. The van der Waals surface area contributed by atoms with Gasteiger partial charge in [-0.05, 0) is 25.0 Å². The molecule has 2 N–H and O–H groups in total. The first kappa shape index (κ1) is 18.9. The number of hydrogen-bond acceptors (Lipinski definition) is 7. The van der Waals surface area contributed by atoms with E-state index < -0.39 is 5.82 Å². The average Bonchev–Trinajstić information content (AvgIpc) is 2.66. The summed E-state index contributed by atoms with van der Waals surface area (Å²) in [4.78, 5) is 21.3. The van der Waals surface area contributed by atoms with Crippen LogP contribution in [0.15, 0.2) is 36.7 Å². The molecular weight excluding hydrogens is 369 g/mol. The normalized spacial score (nSPS) is 10.9. The SMILES string of the molecule is CCC(CC)Nc1nc(Nc2cncc(F)c2)nc(-c2cccc(Cl)n2)n1. The molecule has 0 fully saturated rings. The number of hydrogen-bond donors (Lipinski definition) is 2. The fraction of sp³-hybridized carbons (Fsp3) is 0.278. The molecule has 0 aliphatic carbocycles. The Morgan fingerprint density at radius 2 is 1.81 bits per heavy atom. The summed E-state index contributed by atoms with van der Waals surface area (Å²) in [5, 5.41) is 6.58. The number of pyridine rings is 2. The highest BCUT2D eigenvalue weighted by atomic mass is 35.5. The first-order valence-corrected chi connectivity index (χ1v) is 8.98. The summed E-state index contributed by atoms with van der Waals surface area (Å²) in [6.45, 7) is 4.17. The van der Waals surface area contributed by atoms with Crippen LogP contribution in [0, 0.1) is 5.82 Å². The topological polar surface area (TPSA) is 88.5 Å². The zero-order valence-corrected chi connectivity index (χ0v) is 15.7. The largest absolute Gasteiger partial charge is 0.351 e. The lowest BCUT2D eigenvalue weighted by Gasteiger charge is -2.16. The molecule has 0 amide bonds. The zero-order valence-electron chi connectivity index (χ0n) is 14.9. The molecule has 3 rings (SSSR count). The number of nitrogens with zero attached hydrogens (tertiary/aromatic N) is 5. The molecule has 0 unspecified atom stereocenters. The van der Waals surface area contributed by atoms with Gasteiger partial charge in [-0.25, -0.2) is 9.37 Å². The minimum Gasteiger partial charge on any atom is -0.351 e. The fourth-order valence-corrected chi connectivity index (χ4v) is 2.59. The summed E-state index contributed by atoms with van der Waals surface area (Å²) in [5.74, 6) is 0.555. The maximum absolute atomic E-state index is 13.4. The van der Waals surface area contributed by atoms with E-state index in [4.69, 9.17) is 11.6 Å². The molecule has 27 heavy (non-hydrogen) atoms. The van der Waals surface area contributed by atoms with Crippen LogP contribution >= 0.6 is 11.6 Å². The molecule has 3 heterocycles. The standard InChI is InChI=1S/C18H19ClFN7/c1-3-12(4-2)22-17-25-16(14-6-5-7-15(19)24-14)26-18(27-17)23-13-8-11(20)9-21-10-13/h5-10,12H,3-4H2,1-2H3,(H2,22,23,25,26,27). The van der Waals surface area contributed by atoms with Gasteiger partial charge in [-0.1, -0.05) is 31.5 Å². The Bertz CT molecular complexity index is 918. The van der Waals surface area contributed by atoms with Crippen LogP contribution in [0.2, 0.25) is 5.15 Å². The van der Waals surface area contributed by atoms with E-state index >= 15 is 0 Å². The van der Waals surface area contributed by atoms with Gasteiger partial charge < -0.3 is 10.6 Å². The lowest BCUT2D eigenvalue weighted by atomic mass is 10.2. The van der Waals surface area contributed by atoms with Gasteiger partial charge in [0.2, 0.25) is 11.9 Å². The summed E-state index contributed by atoms with van der Waals surface area (Å²) in [5.41, 5.74) is 0.942. The van der Waals surface area contributed by atoms with Crippen molar-refractivity contribution in [1.29, 1.82) is 0 Å². The quantitative estimate of drug-likeness (QED) is 0.578. The monoisotopic (exact) mass is 387 g/mol. The smallest absolute Gasteiger partial charge is 0.232 e. The highest BCUT2D eigenvalue weighted by molar-refractivity contribution is 6.29. The van der Waals surface area contributed by atoms with E-state index in [-0.39, 0.29) is 12.0 Å². The van der Waals surface area contributed by atoms with Gasteiger partial charge in [0.1, 0.15) is 16.7 Å². The highest BCUT2D eigenvalue weighted by Crippen LogP contribution is 2.21. The van der Waals surface area contributed by atoms with Crippen LogP contribution < -0.4 is 10.6 Å². The summed E-state index contributed by atoms with van der Waals surface area (Å²) in [7, 11) is 0. The van der Waals surface area contributed by atoms with Crippen LogP contribution in [-0.4, -0.2) is 31.0 Å². The number of aromatic nitrogens is 5. The van der Waals surface area contributed by atoms with E-state index in [2.05, 4.69) is 49.4 Å². The second-order valence-corrected chi connectivity index (χ2v) is 6.21. The zero-order chi connectivity index (χ0) is 19.2. The van der Waals surface area contributed by atoms with Gasteiger partial charge in [-0.15, -0.1) is 0 Å². The van der Waals surface area contributed by atoms with Crippen molar-refractivity contribution in [1.82, 2.24) is 24.9 Å². The van der Waals surface area contributed by atoms with E-state index in [1.165, 1.54) is 12.3 Å². The lowest BCUT2D eigenvalue weighted by Crippen LogP contribution is -2.19. The van der Waals surface area contributed by atoms with Crippen molar-refractivity contribution >= 4 is 29.2 Å². The van der Waals surface area contributed by atoms with Crippen molar-refractivity contribution in [2.75, 3.05) is 10.6 Å². The maximum atomic E-state index is 13.4. The van der Waals surface area contributed by atoms with Crippen LogP contribution in [0.1, 0.15) is 26.7 Å². The predicted octanol–water partition coefficient (Wildman–Crippen LogP) is 4.47. The van der Waals surface area contributed by atoms with E-state index in [1.807, 2.05) is 0 Å². The van der Waals surface area contributed by atoms with Crippen LogP contribution in [-0.2, 0) is 0 Å². The Morgan fingerprint density at radius 3 is 2.52 bits per heavy atom. The predicted molar refractivity (Wildman–Crippen MR) is 104 cm³/mol. The third-order valence-electron chi connectivity index (χ3n) is 3.86. The molecule has 3 aromatic rings. The molecule has 0 aromatic carbocycles. The van der Waals surface area contributed by atoms with Crippen LogP contribution in [0.25, 0.3) is 11.5 Å². The number of anilines is 3. The molecule has 0 radical (unpaired) electrons. The number of nitrogens with one attached hydrogen (secondary N) is 2. The van der Waals surface area contributed by atoms with Crippen molar-refractivity contribution in [3.8, 4) is 11.5 Å². The second kappa shape index (κ2) is 8.68. The lowest BCUT2D eigenvalue weighted by molar-refractivity contribution is 0.622. The van der Waals surface area contributed by atoms with Gasteiger partial charge in [-0.3, -0.25) is 4.98 Å². The van der Waals surface area contributed by atoms with Crippen LogP contribution in [0.5, 0.6) is 0 Å². The highest BCUT2D eigenvalue weighted by Gasteiger charge is 2.13. The van der Waals surface area contributed by atoms with Crippen molar-refractivity contribution in [2.45, 2.75) is 32.7 Å². The average molecular weight is 388 g/mol. The molecule has 140 valence electrons. The summed E-state index contributed by atoms with van der Waals surface area (Å²) < 4.78 is 13.4. The molecule has 0 bridgehead atoms. The Hall–Kier alpha value is -2.87. The van der Waals surface area contributed by atoms with Crippen molar-refractivity contribution < 1.29 is 4.39 Å². The van der Waals surface area contributed by atoms with Crippen molar-refractivity contribution in [3.63, 3.8) is 0 Å². The Labute approximate surface area is 161 Å². The fourth-order valence-electron chi connectivity index (χ4n) is 2.43. The molecule has 0 saturated carbocycles.